The number of amides is 2. The van der Waals surface area contributed by atoms with Crippen molar-refractivity contribution in [2.75, 3.05) is 11.5 Å². The third kappa shape index (κ3) is 1.64. The van der Waals surface area contributed by atoms with Crippen LogP contribution in [0.25, 0.3) is 0 Å². The standard InChI is InChI=1S/C20H21NO3/c1-2-11-24-13-5-3-12(4-6-13)21-18(22)16-14-7-8-15(17(16)19(21)23)20(14)9-10-20/h3-8,14-17H,2,9-11H2,1H3/t14-,15-,16-,17+/m1/s1. The smallest absolute Gasteiger partial charge is 0.238 e. The molecule has 1 aromatic rings. The number of nitrogens with zero attached hydrogens (tertiary/aromatic N) is 1. The van der Waals surface area contributed by atoms with Gasteiger partial charge in [-0.25, -0.2) is 0 Å². The molecular formula is C20H21NO3. The number of hydrogen-bond donors (Lipinski definition) is 0. The van der Waals surface area contributed by atoms with E-state index in [1.54, 1.807) is 0 Å². The van der Waals surface area contributed by atoms with Crippen LogP contribution < -0.4 is 9.64 Å². The quantitative estimate of drug-likeness (QED) is 0.631. The fourth-order valence-corrected chi connectivity index (χ4v) is 5.24. The molecule has 0 N–H and O–H groups in total. The van der Waals surface area contributed by atoms with Gasteiger partial charge in [0.1, 0.15) is 5.75 Å². The molecule has 0 unspecified atom stereocenters. The maximum atomic E-state index is 13.0. The SMILES string of the molecule is CCCOc1ccc(N2C(=O)[C@@H]3[C@H](C2=O)[C@H]2C=C[C@H]3C23CC3)cc1. The lowest BCUT2D eigenvalue weighted by molar-refractivity contribution is -0.123. The fourth-order valence-electron chi connectivity index (χ4n) is 5.24. The molecular weight excluding hydrogens is 302 g/mol. The molecule has 3 aliphatic carbocycles. The minimum Gasteiger partial charge on any atom is -0.494 e. The molecule has 4 heteroatoms. The van der Waals surface area contributed by atoms with Gasteiger partial charge < -0.3 is 4.74 Å². The molecule has 0 aromatic heterocycles. The van der Waals surface area contributed by atoms with Crippen LogP contribution in [0, 0.1) is 29.1 Å². The Balaban J connectivity index is 1.43. The maximum Gasteiger partial charge on any atom is 0.238 e. The Labute approximate surface area is 141 Å². The van der Waals surface area contributed by atoms with Gasteiger partial charge in [0.05, 0.1) is 24.1 Å². The monoisotopic (exact) mass is 323 g/mol. The number of imide groups is 1. The first-order valence-corrected chi connectivity index (χ1v) is 8.96. The zero-order valence-electron chi connectivity index (χ0n) is 13.8. The Bertz CT molecular complexity index is 713. The minimum absolute atomic E-state index is 0.00430. The van der Waals surface area contributed by atoms with E-state index in [-0.39, 0.29) is 40.9 Å². The zero-order chi connectivity index (χ0) is 16.5. The van der Waals surface area contributed by atoms with Gasteiger partial charge in [0.15, 0.2) is 0 Å². The van der Waals surface area contributed by atoms with Crippen LogP contribution in [0.1, 0.15) is 26.2 Å². The van der Waals surface area contributed by atoms with Crippen LogP contribution >= 0.6 is 0 Å². The van der Waals surface area contributed by atoms with E-state index < -0.39 is 0 Å². The van der Waals surface area contributed by atoms with Gasteiger partial charge in [0, 0.05) is 0 Å². The number of rotatable bonds is 4. The highest BCUT2D eigenvalue weighted by molar-refractivity contribution is 6.23. The highest BCUT2D eigenvalue weighted by atomic mass is 16.5. The van der Waals surface area contributed by atoms with Gasteiger partial charge >= 0.3 is 0 Å². The van der Waals surface area contributed by atoms with E-state index in [0.29, 0.717) is 12.3 Å². The lowest BCUT2D eigenvalue weighted by Crippen LogP contribution is -2.34. The molecule has 1 spiro atoms. The summed E-state index contributed by atoms with van der Waals surface area (Å²) in [5, 5.41) is 0. The van der Waals surface area contributed by atoms with Gasteiger partial charge in [-0.3, -0.25) is 14.5 Å². The van der Waals surface area contributed by atoms with Crippen molar-refractivity contribution in [3.05, 3.63) is 36.4 Å². The first-order chi connectivity index (χ1) is 11.7. The molecule has 2 amide bonds. The molecule has 1 saturated heterocycles. The molecule has 0 radical (unpaired) electrons. The summed E-state index contributed by atoms with van der Waals surface area (Å²) in [6.07, 6.45) is 7.70. The van der Waals surface area contributed by atoms with Gasteiger partial charge in [-0.05, 0) is 60.8 Å². The van der Waals surface area contributed by atoms with Gasteiger partial charge in [-0.2, -0.15) is 0 Å². The number of ether oxygens (including phenoxy) is 1. The molecule has 24 heavy (non-hydrogen) atoms. The third-order valence-electron chi connectivity index (χ3n) is 6.42. The summed E-state index contributed by atoms with van der Waals surface area (Å²) in [6.45, 7) is 2.73. The average Bonchev–Trinajstić information content (AvgIpc) is 3.19. The third-order valence-corrected chi connectivity index (χ3v) is 6.42. The molecule has 1 aromatic carbocycles. The van der Waals surface area contributed by atoms with Gasteiger partial charge in [-0.15, -0.1) is 0 Å². The van der Waals surface area contributed by atoms with E-state index in [1.165, 1.54) is 17.7 Å². The fraction of sp³-hybridized carbons (Fsp3) is 0.500. The van der Waals surface area contributed by atoms with Crippen LogP contribution in [0.3, 0.4) is 0 Å². The molecule has 124 valence electrons. The molecule has 5 rings (SSSR count). The maximum absolute atomic E-state index is 13.0. The van der Waals surface area contributed by atoms with E-state index in [9.17, 15) is 9.59 Å². The van der Waals surface area contributed by atoms with Crippen molar-refractivity contribution < 1.29 is 14.3 Å². The largest absolute Gasteiger partial charge is 0.494 e. The van der Waals surface area contributed by atoms with Crippen LogP contribution in [0.15, 0.2) is 36.4 Å². The lowest BCUT2D eigenvalue weighted by Gasteiger charge is -2.21. The predicted octanol–water partition coefficient (Wildman–Crippen LogP) is 3.18. The predicted molar refractivity (Wildman–Crippen MR) is 89.5 cm³/mol. The number of allylic oxidation sites excluding steroid dienone is 2. The number of anilines is 1. The summed E-state index contributed by atoms with van der Waals surface area (Å²) in [4.78, 5) is 27.4. The summed E-state index contributed by atoms with van der Waals surface area (Å²) in [5.74, 6) is 1.06. The van der Waals surface area contributed by atoms with Crippen LogP contribution in [0.2, 0.25) is 0 Å². The van der Waals surface area contributed by atoms with Crippen LogP contribution in [0.4, 0.5) is 5.69 Å². The Kier molecular flexibility index (Phi) is 2.80. The number of carbonyl (C=O) groups excluding carboxylic acids is 2. The van der Waals surface area contributed by atoms with E-state index in [4.69, 9.17) is 4.74 Å². The summed E-state index contributed by atoms with van der Waals surface area (Å²) in [7, 11) is 0. The van der Waals surface area contributed by atoms with Crippen molar-refractivity contribution in [3.63, 3.8) is 0 Å². The highest BCUT2D eigenvalue weighted by Crippen LogP contribution is 2.73. The molecule has 4 atom stereocenters. The molecule has 4 aliphatic rings. The number of benzene rings is 1. The molecule has 2 saturated carbocycles. The molecule has 4 nitrogen and oxygen atoms in total. The second-order valence-electron chi connectivity index (χ2n) is 7.58. The Morgan fingerprint density at radius 1 is 1.04 bits per heavy atom. The van der Waals surface area contributed by atoms with E-state index in [0.717, 1.165) is 12.2 Å². The zero-order valence-corrected chi connectivity index (χ0v) is 13.8. The topological polar surface area (TPSA) is 46.6 Å². The van der Waals surface area contributed by atoms with Gasteiger partial charge in [-0.1, -0.05) is 19.1 Å². The minimum atomic E-state index is -0.133. The summed E-state index contributed by atoms with van der Waals surface area (Å²) in [5.41, 5.74) is 0.928. The average molecular weight is 323 g/mol. The second kappa shape index (κ2) is 4.71. The summed E-state index contributed by atoms with van der Waals surface area (Å²) >= 11 is 0. The Morgan fingerprint density at radius 3 is 2.12 bits per heavy atom. The van der Waals surface area contributed by atoms with Crippen molar-refractivity contribution in [1.82, 2.24) is 0 Å². The first kappa shape index (κ1) is 14.3. The molecule has 2 bridgehead atoms. The van der Waals surface area contributed by atoms with E-state index in [2.05, 4.69) is 19.1 Å². The van der Waals surface area contributed by atoms with Crippen molar-refractivity contribution in [3.8, 4) is 5.75 Å². The normalized spacial score (nSPS) is 34.3. The van der Waals surface area contributed by atoms with Crippen LogP contribution in [-0.2, 0) is 9.59 Å². The van der Waals surface area contributed by atoms with E-state index >= 15 is 0 Å². The Hall–Kier alpha value is -2.10. The molecule has 1 heterocycles. The van der Waals surface area contributed by atoms with Crippen molar-refractivity contribution in [2.24, 2.45) is 29.1 Å². The van der Waals surface area contributed by atoms with Crippen molar-refractivity contribution in [2.45, 2.75) is 26.2 Å². The van der Waals surface area contributed by atoms with Gasteiger partial charge in [0.25, 0.3) is 0 Å². The summed E-state index contributed by atoms with van der Waals surface area (Å²) < 4.78 is 5.58. The van der Waals surface area contributed by atoms with E-state index in [1.807, 2.05) is 24.3 Å². The van der Waals surface area contributed by atoms with Crippen LogP contribution in [-0.4, -0.2) is 18.4 Å². The van der Waals surface area contributed by atoms with Crippen molar-refractivity contribution >= 4 is 17.5 Å². The number of fused-ring (bicyclic) bond motifs is 3. The van der Waals surface area contributed by atoms with Crippen molar-refractivity contribution in [1.29, 1.82) is 0 Å². The van der Waals surface area contributed by atoms with Gasteiger partial charge in [0.2, 0.25) is 11.8 Å². The van der Waals surface area contributed by atoms with Crippen LogP contribution in [0.5, 0.6) is 5.75 Å². The Morgan fingerprint density at radius 2 is 1.62 bits per heavy atom. The molecule has 1 aliphatic heterocycles. The highest BCUT2D eigenvalue weighted by Gasteiger charge is 2.73. The lowest BCUT2D eigenvalue weighted by atomic mass is 9.85. The molecule has 3 fully saturated rings. The first-order valence-electron chi connectivity index (χ1n) is 8.96. The number of hydrogen-bond acceptors (Lipinski definition) is 3. The summed E-state index contributed by atoms with van der Waals surface area (Å²) in [6, 6.07) is 7.33. The second-order valence-corrected chi connectivity index (χ2v) is 7.58. The number of carbonyl (C=O) groups is 2.